The Bertz CT molecular complexity index is 1530. The van der Waals surface area contributed by atoms with Crippen LogP contribution in [0.5, 0.6) is 0 Å². The van der Waals surface area contributed by atoms with Gasteiger partial charge in [-0.05, 0) is 48.2 Å². The molecule has 0 radical (unpaired) electrons. The van der Waals surface area contributed by atoms with Crippen LogP contribution in [-0.4, -0.2) is 39.5 Å². The molecule has 4 aromatic rings. The summed E-state index contributed by atoms with van der Waals surface area (Å²) in [6, 6.07) is 5.03. The van der Waals surface area contributed by atoms with Crippen molar-refractivity contribution in [2.45, 2.75) is 25.7 Å². The number of aromatic amines is 2. The fourth-order valence-electron chi connectivity index (χ4n) is 4.57. The van der Waals surface area contributed by atoms with Crippen molar-refractivity contribution in [2.24, 2.45) is 0 Å². The molecule has 1 aliphatic rings. The number of halogens is 3. The predicted molar refractivity (Wildman–Crippen MR) is 118 cm³/mol. The maximum Gasteiger partial charge on any atom is 0.270 e. The number of ether oxygens (including phenoxy) is 1. The van der Waals surface area contributed by atoms with Crippen LogP contribution in [0.25, 0.3) is 21.7 Å². The number of aromatic nitrogens is 2. The van der Waals surface area contributed by atoms with E-state index in [0.717, 1.165) is 12.1 Å². The third-order valence-corrected chi connectivity index (χ3v) is 6.24. The summed E-state index contributed by atoms with van der Waals surface area (Å²) >= 11 is 0. The van der Waals surface area contributed by atoms with Gasteiger partial charge in [0, 0.05) is 29.2 Å². The number of likely N-dealkylation sites (N-methyl/N-ethyl adjacent to an activating group) is 1. The first-order chi connectivity index (χ1) is 16.2. The highest BCUT2D eigenvalue weighted by Gasteiger charge is 2.32. The Morgan fingerprint density at radius 3 is 2.50 bits per heavy atom. The Labute approximate surface area is 190 Å². The molecule has 10 heteroatoms. The first kappa shape index (κ1) is 22.2. The molecule has 0 spiro atoms. The molecule has 1 aliphatic heterocycles. The quantitative estimate of drug-likeness (QED) is 0.423. The maximum absolute atomic E-state index is 14.1. The lowest BCUT2D eigenvalue weighted by atomic mass is 9.95. The first-order valence-electron chi connectivity index (χ1n) is 10.5. The van der Waals surface area contributed by atoms with Gasteiger partial charge in [-0.25, -0.2) is 13.2 Å². The van der Waals surface area contributed by atoms with E-state index in [-0.39, 0.29) is 29.7 Å². The van der Waals surface area contributed by atoms with Gasteiger partial charge in [-0.1, -0.05) is 0 Å². The Kier molecular flexibility index (Phi) is 5.22. The SMILES string of the molecule is C[C@H](O)c1cc(F)cc2[nH]c(C(=O)N(C)[C@H]3COCc4[nH]c(=O)c5cc(F)c(F)cc5c43)cc12. The molecule has 2 aromatic heterocycles. The van der Waals surface area contributed by atoms with Crippen molar-refractivity contribution in [1.82, 2.24) is 14.9 Å². The summed E-state index contributed by atoms with van der Waals surface area (Å²) in [7, 11) is 1.52. The lowest BCUT2D eigenvalue weighted by Crippen LogP contribution is -2.37. The molecule has 0 aliphatic carbocycles. The largest absolute Gasteiger partial charge is 0.389 e. The van der Waals surface area contributed by atoms with E-state index in [2.05, 4.69) is 9.97 Å². The van der Waals surface area contributed by atoms with Crippen LogP contribution in [0, 0.1) is 17.5 Å². The summed E-state index contributed by atoms with van der Waals surface area (Å²) in [6.07, 6.45) is -0.952. The molecular formula is C24H20F3N3O4. The summed E-state index contributed by atoms with van der Waals surface area (Å²) in [5.41, 5.74) is 1.06. The molecule has 1 amide bonds. The number of rotatable bonds is 3. The number of carbonyl (C=O) groups is 1. The van der Waals surface area contributed by atoms with Crippen molar-refractivity contribution in [3.63, 3.8) is 0 Å². The predicted octanol–water partition coefficient (Wildman–Crippen LogP) is 3.82. The van der Waals surface area contributed by atoms with E-state index >= 15 is 0 Å². The molecule has 7 nitrogen and oxygen atoms in total. The van der Waals surface area contributed by atoms with E-state index in [4.69, 9.17) is 4.74 Å². The number of aliphatic hydroxyl groups is 1. The standard InChI is InChI=1S/C24H20F3N3O4/c1-10(31)12-3-11(25)4-18-13(12)7-19(28-18)24(33)30(2)21-9-34-8-20-22(21)14-5-16(26)17(27)6-15(14)23(32)29-20/h3-7,10,21,28,31H,8-9H2,1-2H3,(H,29,32)/t10-,21-/m0/s1. The second kappa shape index (κ2) is 8.00. The number of hydrogen-bond donors (Lipinski definition) is 3. The molecule has 0 saturated carbocycles. The van der Waals surface area contributed by atoms with E-state index < -0.39 is 41.1 Å². The number of nitrogens with zero attached hydrogens (tertiary/aromatic N) is 1. The highest BCUT2D eigenvalue weighted by atomic mass is 19.2. The van der Waals surface area contributed by atoms with Gasteiger partial charge in [-0.3, -0.25) is 9.59 Å². The minimum atomic E-state index is -1.15. The number of hydrogen-bond acceptors (Lipinski definition) is 4. The minimum absolute atomic E-state index is 0.0342. The van der Waals surface area contributed by atoms with Crippen molar-refractivity contribution < 1.29 is 27.8 Å². The molecule has 5 rings (SSSR count). The van der Waals surface area contributed by atoms with Crippen LogP contribution in [0.4, 0.5) is 13.2 Å². The number of nitrogens with one attached hydrogen (secondary N) is 2. The fourth-order valence-corrected chi connectivity index (χ4v) is 4.57. The average molecular weight is 471 g/mol. The Hall–Kier alpha value is -3.63. The van der Waals surface area contributed by atoms with E-state index in [1.807, 2.05) is 0 Å². The van der Waals surface area contributed by atoms with E-state index in [1.165, 1.54) is 37.1 Å². The number of H-pyrrole nitrogens is 2. The van der Waals surface area contributed by atoms with Gasteiger partial charge in [0.2, 0.25) is 0 Å². The fraction of sp³-hybridized carbons (Fsp3) is 0.250. The van der Waals surface area contributed by atoms with E-state index in [9.17, 15) is 27.9 Å². The van der Waals surface area contributed by atoms with Crippen LogP contribution in [0.3, 0.4) is 0 Å². The highest BCUT2D eigenvalue weighted by Crippen LogP contribution is 2.35. The van der Waals surface area contributed by atoms with Crippen LogP contribution in [0.1, 0.15) is 46.4 Å². The zero-order valence-electron chi connectivity index (χ0n) is 18.2. The Morgan fingerprint density at radius 2 is 1.79 bits per heavy atom. The smallest absolute Gasteiger partial charge is 0.270 e. The summed E-state index contributed by atoms with van der Waals surface area (Å²) in [6.45, 7) is 1.60. The number of amides is 1. The van der Waals surface area contributed by atoms with Gasteiger partial charge in [-0.15, -0.1) is 0 Å². The van der Waals surface area contributed by atoms with Gasteiger partial charge in [0.1, 0.15) is 11.5 Å². The van der Waals surface area contributed by atoms with E-state index in [1.54, 1.807) is 0 Å². The van der Waals surface area contributed by atoms with Gasteiger partial charge in [0.25, 0.3) is 11.5 Å². The zero-order valence-corrected chi connectivity index (χ0v) is 18.2. The number of aliphatic hydroxyl groups excluding tert-OH is 1. The Balaban J connectivity index is 1.61. The third kappa shape index (κ3) is 3.46. The topological polar surface area (TPSA) is 98.4 Å². The summed E-state index contributed by atoms with van der Waals surface area (Å²) in [5.74, 6) is -3.29. The van der Waals surface area contributed by atoms with Gasteiger partial charge in [0.15, 0.2) is 11.6 Å². The molecule has 2 aromatic carbocycles. The third-order valence-electron chi connectivity index (χ3n) is 6.24. The molecule has 3 N–H and O–H groups in total. The monoisotopic (exact) mass is 471 g/mol. The molecule has 2 atom stereocenters. The number of benzene rings is 2. The van der Waals surface area contributed by atoms with Gasteiger partial charge in [0.05, 0.1) is 30.7 Å². The van der Waals surface area contributed by atoms with Gasteiger partial charge < -0.3 is 24.7 Å². The highest BCUT2D eigenvalue weighted by molar-refractivity contribution is 5.99. The molecule has 0 unspecified atom stereocenters. The molecule has 0 fully saturated rings. The van der Waals surface area contributed by atoms with Crippen molar-refractivity contribution in [1.29, 1.82) is 0 Å². The zero-order chi connectivity index (χ0) is 24.3. The lowest BCUT2D eigenvalue weighted by molar-refractivity contribution is 0.0333. The van der Waals surface area contributed by atoms with E-state index in [0.29, 0.717) is 27.7 Å². The van der Waals surface area contributed by atoms with Crippen LogP contribution < -0.4 is 5.56 Å². The van der Waals surface area contributed by atoms with Crippen molar-refractivity contribution in [3.05, 3.63) is 80.7 Å². The number of pyridine rings is 1. The molecular weight excluding hydrogens is 451 g/mol. The Morgan fingerprint density at radius 1 is 1.09 bits per heavy atom. The van der Waals surface area contributed by atoms with Crippen molar-refractivity contribution in [2.75, 3.05) is 13.7 Å². The first-order valence-corrected chi connectivity index (χ1v) is 10.5. The summed E-state index contributed by atoms with van der Waals surface area (Å²) < 4.78 is 47.5. The average Bonchev–Trinajstić information content (AvgIpc) is 3.22. The number of fused-ring (bicyclic) bond motifs is 4. The van der Waals surface area contributed by atoms with Crippen LogP contribution in [0.2, 0.25) is 0 Å². The number of carbonyl (C=O) groups excluding carboxylic acids is 1. The van der Waals surface area contributed by atoms with Crippen LogP contribution >= 0.6 is 0 Å². The van der Waals surface area contributed by atoms with Gasteiger partial charge in [-0.2, -0.15) is 0 Å². The lowest BCUT2D eigenvalue weighted by Gasteiger charge is -2.33. The molecule has 3 heterocycles. The molecule has 0 saturated heterocycles. The molecule has 176 valence electrons. The molecule has 34 heavy (non-hydrogen) atoms. The second-order valence-corrected chi connectivity index (χ2v) is 8.42. The normalized spacial score (nSPS) is 16.6. The molecule has 0 bridgehead atoms. The summed E-state index contributed by atoms with van der Waals surface area (Å²) in [5, 5.41) is 10.7. The maximum atomic E-state index is 14.1. The summed E-state index contributed by atoms with van der Waals surface area (Å²) in [4.78, 5) is 32.7. The van der Waals surface area contributed by atoms with Crippen LogP contribution in [-0.2, 0) is 11.3 Å². The van der Waals surface area contributed by atoms with Crippen molar-refractivity contribution >= 4 is 27.6 Å². The van der Waals surface area contributed by atoms with Crippen molar-refractivity contribution in [3.8, 4) is 0 Å². The second-order valence-electron chi connectivity index (χ2n) is 8.42. The van der Waals surface area contributed by atoms with Crippen LogP contribution in [0.15, 0.2) is 35.1 Å². The van der Waals surface area contributed by atoms with Gasteiger partial charge >= 0.3 is 0 Å². The minimum Gasteiger partial charge on any atom is -0.389 e.